The Morgan fingerprint density at radius 3 is 3.00 bits per heavy atom. The molecule has 0 saturated heterocycles. The molecule has 0 saturated carbocycles. The highest BCUT2D eigenvalue weighted by Gasteiger charge is 2.07. The van der Waals surface area contributed by atoms with E-state index in [1.54, 1.807) is 0 Å². The second kappa shape index (κ2) is 3.74. The Morgan fingerprint density at radius 1 is 1.70 bits per heavy atom. The lowest BCUT2D eigenvalue weighted by Crippen LogP contribution is -2.53. The Hall–Kier alpha value is -0.340. The minimum absolute atomic E-state index is 0.519. The van der Waals surface area contributed by atoms with Gasteiger partial charge >= 0.3 is 0 Å². The molecule has 10 heavy (non-hydrogen) atoms. The van der Waals surface area contributed by atoms with Gasteiger partial charge in [0.1, 0.15) is 6.04 Å². The maximum absolute atomic E-state index is 4.08. The van der Waals surface area contributed by atoms with Gasteiger partial charge in [0.15, 0.2) is 0 Å². The summed E-state index contributed by atoms with van der Waals surface area (Å²) in [4.78, 5) is 1.42. The molecule has 0 unspecified atom stereocenters. The Kier molecular flexibility index (Phi) is 2.90. The largest absolute Gasteiger partial charge is 0.351 e. The molecule has 0 fully saturated rings. The molecular weight excluding hydrogens is 142 g/mol. The highest BCUT2D eigenvalue weighted by atomic mass is 32.1. The van der Waals surface area contributed by atoms with Gasteiger partial charge in [-0.15, -0.1) is 11.3 Å². The van der Waals surface area contributed by atoms with Crippen LogP contribution in [0.15, 0.2) is 17.5 Å². The van der Waals surface area contributed by atoms with Crippen LogP contribution < -0.4 is 5.73 Å². The molecule has 56 valence electrons. The van der Waals surface area contributed by atoms with E-state index < -0.39 is 0 Å². The predicted molar refractivity (Wildman–Crippen MR) is 44.9 cm³/mol. The van der Waals surface area contributed by atoms with E-state index in [-0.39, 0.29) is 0 Å². The third kappa shape index (κ3) is 1.82. The first-order chi connectivity index (χ1) is 4.84. The fraction of sp³-hybridized carbons (Fsp3) is 0.500. The molecule has 2 heteroatoms. The average molecular weight is 156 g/mol. The van der Waals surface area contributed by atoms with Crippen molar-refractivity contribution in [2.75, 3.05) is 0 Å². The summed E-state index contributed by atoms with van der Waals surface area (Å²) in [6, 6.07) is 4.77. The van der Waals surface area contributed by atoms with Crippen LogP contribution in [-0.2, 0) is 0 Å². The van der Waals surface area contributed by atoms with Gasteiger partial charge in [0.2, 0.25) is 0 Å². The fourth-order valence-electron chi connectivity index (χ4n) is 1.01. The van der Waals surface area contributed by atoms with Gasteiger partial charge in [-0.05, 0) is 11.4 Å². The van der Waals surface area contributed by atoms with Crippen LogP contribution >= 0.6 is 11.3 Å². The van der Waals surface area contributed by atoms with E-state index >= 15 is 0 Å². The van der Waals surface area contributed by atoms with E-state index in [4.69, 9.17) is 0 Å². The van der Waals surface area contributed by atoms with Crippen molar-refractivity contribution in [3.8, 4) is 0 Å². The Labute approximate surface area is 65.9 Å². The van der Waals surface area contributed by atoms with E-state index in [0.29, 0.717) is 6.04 Å². The summed E-state index contributed by atoms with van der Waals surface area (Å²) in [5, 5.41) is 2.11. The molecule has 0 radical (unpaired) electrons. The summed E-state index contributed by atoms with van der Waals surface area (Å²) in [7, 11) is 0. The molecule has 0 amide bonds. The van der Waals surface area contributed by atoms with Gasteiger partial charge in [-0.2, -0.15) is 0 Å². The first-order valence-electron chi connectivity index (χ1n) is 3.71. The van der Waals surface area contributed by atoms with Crippen molar-refractivity contribution in [1.29, 1.82) is 0 Å². The third-order valence-corrected chi connectivity index (χ3v) is 2.62. The van der Waals surface area contributed by atoms with Crippen LogP contribution in [0.2, 0.25) is 0 Å². The monoisotopic (exact) mass is 156 g/mol. The number of hydrogen-bond donors (Lipinski definition) is 1. The molecule has 0 spiro atoms. The zero-order chi connectivity index (χ0) is 7.40. The molecule has 0 aliphatic heterocycles. The van der Waals surface area contributed by atoms with E-state index in [1.165, 1.54) is 17.7 Å². The number of thiophene rings is 1. The minimum Gasteiger partial charge on any atom is -0.351 e. The lowest BCUT2D eigenvalue weighted by molar-refractivity contribution is -0.427. The molecule has 1 aromatic rings. The van der Waals surface area contributed by atoms with Crippen LogP contribution in [0.5, 0.6) is 0 Å². The van der Waals surface area contributed by atoms with Crippen molar-refractivity contribution >= 4 is 11.3 Å². The third-order valence-electron chi connectivity index (χ3n) is 1.58. The van der Waals surface area contributed by atoms with Crippen LogP contribution in [-0.4, -0.2) is 0 Å². The molecule has 0 aromatic carbocycles. The maximum atomic E-state index is 4.08. The molecular formula is C8H14NS+. The second-order valence-electron chi connectivity index (χ2n) is 2.50. The van der Waals surface area contributed by atoms with Crippen LogP contribution in [0.3, 0.4) is 0 Å². The number of hydrogen-bond acceptors (Lipinski definition) is 1. The predicted octanol–water partition coefficient (Wildman–Crippen LogP) is 1.83. The van der Waals surface area contributed by atoms with E-state index in [2.05, 4.69) is 30.2 Å². The summed E-state index contributed by atoms with van der Waals surface area (Å²) in [6.45, 7) is 2.20. The van der Waals surface area contributed by atoms with Crippen LogP contribution in [0.4, 0.5) is 0 Å². The van der Waals surface area contributed by atoms with Crippen molar-refractivity contribution in [2.24, 2.45) is 0 Å². The average Bonchev–Trinajstić information content (AvgIpc) is 2.38. The summed E-state index contributed by atoms with van der Waals surface area (Å²) >= 11 is 1.81. The Bertz CT molecular complexity index is 169. The SMILES string of the molecule is CCC[C@H]([NH3+])c1cccs1. The standard InChI is InChI=1S/C8H13NS/c1-2-4-7(9)8-5-3-6-10-8/h3,5-7H,2,4,9H2,1H3/p+1/t7-/m0/s1. The topological polar surface area (TPSA) is 27.6 Å². The quantitative estimate of drug-likeness (QED) is 0.691. The van der Waals surface area contributed by atoms with E-state index in [0.717, 1.165) is 0 Å². The van der Waals surface area contributed by atoms with E-state index in [1.807, 2.05) is 11.3 Å². The molecule has 3 N–H and O–H groups in total. The summed E-state index contributed by atoms with van der Waals surface area (Å²) < 4.78 is 0. The van der Waals surface area contributed by atoms with Crippen LogP contribution in [0.25, 0.3) is 0 Å². The zero-order valence-corrected chi connectivity index (χ0v) is 7.16. The molecule has 0 bridgehead atoms. The van der Waals surface area contributed by atoms with Gasteiger partial charge in [-0.25, -0.2) is 0 Å². The van der Waals surface area contributed by atoms with Crippen molar-refractivity contribution in [2.45, 2.75) is 25.8 Å². The van der Waals surface area contributed by atoms with Crippen LogP contribution in [0, 0.1) is 0 Å². The first-order valence-corrected chi connectivity index (χ1v) is 4.59. The lowest BCUT2D eigenvalue weighted by atomic mass is 10.1. The smallest absolute Gasteiger partial charge is 0.119 e. The summed E-state index contributed by atoms with van der Waals surface area (Å²) in [6.07, 6.45) is 2.44. The summed E-state index contributed by atoms with van der Waals surface area (Å²) in [5.74, 6) is 0. The molecule has 1 nitrogen and oxygen atoms in total. The number of quaternary nitrogens is 1. The Balaban J connectivity index is 2.50. The molecule has 1 aromatic heterocycles. The van der Waals surface area contributed by atoms with Gasteiger partial charge in [0, 0.05) is 6.42 Å². The highest BCUT2D eigenvalue weighted by Crippen LogP contribution is 2.18. The normalized spacial score (nSPS) is 13.4. The second-order valence-corrected chi connectivity index (χ2v) is 3.48. The number of rotatable bonds is 3. The van der Waals surface area contributed by atoms with Gasteiger partial charge in [0.25, 0.3) is 0 Å². The highest BCUT2D eigenvalue weighted by molar-refractivity contribution is 7.10. The van der Waals surface area contributed by atoms with Crippen molar-refractivity contribution in [3.05, 3.63) is 22.4 Å². The van der Waals surface area contributed by atoms with Gasteiger partial charge in [-0.1, -0.05) is 19.4 Å². The van der Waals surface area contributed by atoms with Crippen molar-refractivity contribution in [3.63, 3.8) is 0 Å². The van der Waals surface area contributed by atoms with Crippen LogP contribution in [0.1, 0.15) is 30.7 Å². The van der Waals surface area contributed by atoms with Gasteiger partial charge in [0.05, 0.1) is 4.88 Å². The van der Waals surface area contributed by atoms with E-state index in [9.17, 15) is 0 Å². The maximum Gasteiger partial charge on any atom is 0.119 e. The zero-order valence-electron chi connectivity index (χ0n) is 6.34. The first kappa shape index (κ1) is 7.76. The van der Waals surface area contributed by atoms with Crippen molar-refractivity contribution in [1.82, 2.24) is 0 Å². The van der Waals surface area contributed by atoms with Crippen molar-refractivity contribution < 1.29 is 5.73 Å². The lowest BCUT2D eigenvalue weighted by Gasteiger charge is -2.01. The fourth-order valence-corrected chi connectivity index (χ4v) is 1.80. The molecule has 1 heterocycles. The molecule has 0 aliphatic carbocycles. The molecule has 0 aliphatic rings. The molecule has 1 atom stereocenters. The van der Waals surface area contributed by atoms with Gasteiger partial charge in [-0.3, -0.25) is 0 Å². The summed E-state index contributed by atoms with van der Waals surface area (Å²) in [5.41, 5.74) is 4.08. The Morgan fingerprint density at radius 2 is 2.50 bits per heavy atom. The molecule has 1 rings (SSSR count). The minimum atomic E-state index is 0.519. The van der Waals surface area contributed by atoms with Gasteiger partial charge < -0.3 is 5.73 Å².